The maximum Gasteiger partial charge on any atom is 0.292 e. The van der Waals surface area contributed by atoms with Crippen LogP contribution in [0.4, 0.5) is 11.4 Å². The lowest BCUT2D eigenvalue weighted by Gasteiger charge is -2.36. The molecular weight excluding hydrogens is 438 g/mol. The van der Waals surface area contributed by atoms with Gasteiger partial charge in [-0.25, -0.2) is 0 Å². The van der Waals surface area contributed by atoms with Crippen molar-refractivity contribution in [1.29, 1.82) is 0 Å². The maximum absolute atomic E-state index is 13.1. The normalized spacial score (nSPS) is 18.4. The Morgan fingerprint density at radius 1 is 1.00 bits per heavy atom. The van der Waals surface area contributed by atoms with Gasteiger partial charge >= 0.3 is 0 Å². The van der Waals surface area contributed by atoms with E-state index in [4.69, 9.17) is 11.6 Å². The van der Waals surface area contributed by atoms with Crippen molar-refractivity contribution < 1.29 is 4.79 Å². The Morgan fingerprint density at radius 3 is 2.45 bits per heavy atom. The van der Waals surface area contributed by atoms with E-state index in [1.54, 1.807) is 6.20 Å². The van der Waals surface area contributed by atoms with E-state index in [1.165, 1.54) is 10.2 Å². The number of carbonyl (C=O) groups is 1. The molecule has 0 aliphatic carbocycles. The zero-order valence-corrected chi connectivity index (χ0v) is 19.3. The number of anilines is 2. The minimum absolute atomic E-state index is 0.131. The minimum atomic E-state index is -0.334. The van der Waals surface area contributed by atoms with Gasteiger partial charge in [0.1, 0.15) is 5.02 Å². The molecule has 7 nitrogen and oxygen atoms in total. The van der Waals surface area contributed by atoms with Crippen LogP contribution in [0, 0.1) is 0 Å². The number of aromatic nitrogens is 2. The standard InChI is InChI=1S/C25H26ClN5O2/c1-18-15-19-7-5-6-10-21(19)30(18)23(32)17-28-11-13-29(14-12-28)22-16-27-31(25(33)24(22)26)20-8-3-2-4-9-20/h2-10,16,18H,11-15,17H2,1H3/t18-/m1/s1. The van der Waals surface area contributed by atoms with Gasteiger partial charge in [-0.15, -0.1) is 0 Å². The molecule has 0 spiro atoms. The summed E-state index contributed by atoms with van der Waals surface area (Å²) in [5.74, 6) is 0.131. The second-order valence-electron chi connectivity index (χ2n) is 8.61. The summed E-state index contributed by atoms with van der Waals surface area (Å²) in [6, 6.07) is 17.5. The van der Waals surface area contributed by atoms with Crippen LogP contribution in [0.15, 0.2) is 65.6 Å². The van der Waals surface area contributed by atoms with Gasteiger partial charge in [-0.2, -0.15) is 9.78 Å². The highest BCUT2D eigenvalue weighted by Gasteiger charge is 2.32. The van der Waals surface area contributed by atoms with Gasteiger partial charge in [0.15, 0.2) is 0 Å². The Labute approximate surface area is 197 Å². The summed E-state index contributed by atoms with van der Waals surface area (Å²) in [4.78, 5) is 32.1. The summed E-state index contributed by atoms with van der Waals surface area (Å²) >= 11 is 6.46. The van der Waals surface area contributed by atoms with Gasteiger partial charge in [0, 0.05) is 37.9 Å². The zero-order valence-electron chi connectivity index (χ0n) is 18.5. The van der Waals surface area contributed by atoms with Crippen LogP contribution in [0.25, 0.3) is 5.69 Å². The van der Waals surface area contributed by atoms with Crippen LogP contribution < -0.4 is 15.4 Å². The third-order valence-corrected chi connectivity index (χ3v) is 6.80. The van der Waals surface area contributed by atoms with Crippen molar-refractivity contribution >= 4 is 28.9 Å². The first kappa shape index (κ1) is 21.7. The topological polar surface area (TPSA) is 61.7 Å². The second-order valence-corrected chi connectivity index (χ2v) is 8.98. The second kappa shape index (κ2) is 9.00. The number of fused-ring (bicyclic) bond motifs is 1. The highest BCUT2D eigenvalue weighted by molar-refractivity contribution is 6.33. The lowest BCUT2D eigenvalue weighted by molar-refractivity contribution is -0.120. The first-order valence-corrected chi connectivity index (χ1v) is 11.6. The fraction of sp³-hybridized carbons (Fsp3) is 0.320. The fourth-order valence-corrected chi connectivity index (χ4v) is 5.01. The number of hydrogen-bond donors (Lipinski definition) is 0. The molecule has 0 saturated carbocycles. The number of halogens is 1. The predicted octanol–water partition coefficient (Wildman–Crippen LogP) is 2.99. The third-order valence-electron chi connectivity index (χ3n) is 6.45. The van der Waals surface area contributed by atoms with Crippen LogP contribution >= 0.6 is 11.6 Å². The number of carbonyl (C=O) groups excluding carboxylic acids is 1. The molecule has 3 aromatic rings. The number of piperazine rings is 1. The van der Waals surface area contributed by atoms with Crippen LogP contribution in [-0.2, 0) is 11.2 Å². The molecule has 0 N–H and O–H groups in total. The Bertz CT molecular complexity index is 1220. The van der Waals surface area contributed by atoms with Crippen molar-refractivity contribution in [3.8, 4) is 5.69 Å². The van der Waals surface area contributed by atoms with Crippen molar-refractivity contribution in [2.24, 2.45) is 0 Å². The van der Waals surface area contributed by atoms with Crippen LogP contribution in [0.5, 0.6) is 0 Å². The molecule has 2 aromatic carbocycles. The zero-order chi connectivity index (χ0) is 22.9. The first-order valence-electron chi connectivity index (χ1n) is 11.2. The highest BCUT2D eigenvalue weighted by atomic mass is 35.5. The molecule has 1 atom stereocenters. The fourth-order valence-electron chi connectivity index (χ4n) is 4.76. The maximum atomic E-state index is 13.1. The molecule has 0 bridgehead atoms. The smallest absolute Gasteiger partial charge is 0.292 e. The molecule has 3 heterocycles. The SMILES string of the molecule is C[C@@H]1Cc2ccccc2N1C(=O)CN1CCN(c2cnn(-c3ccccc3)c(=O)c2Cl)CC1. The summed E-state index contributed by atoms with van der Waals surface area (Å²) in [6.07, 6.45) is 2.55. The van der Waals surface area contributed by atoms with Crippen LogP contribution in [0.1, 0.15) is 12.5 Å². The molecule has 2 aliphatic heterocycles. The number of nitrogens with zero attached hydrogens (tertiary/aromatic N) is 5. The summed E-state index contributed by atoms with van der Waals surface area (Å²) in [7, 11) is 0. The van der Waals surface area contributed by atoms with Crippen molar-refractivity contribution in [2.45, 2.75) is 19.4 Å². The first-order chi connectivity index (χ1) is 16.0. The molecule has 170 valence electrons. The number of amides is 1. The van der Waals surface area contributed by atoms with E-state index in [9.17, 15) is 9.59 Å². The lowest BCUT2D eigenvalue weighted by atomic mass is 10.1. The van der Waals surface area contributed by atoms with E-state index < -0.39 is 0 Å². The van der Waals surface area contributed by atoms with Gasteiger partial charge in [-0.1, -0.05) is 48.0 Å². The van der Waals surface area contributed by atoms with Gasteiger partial charge < -0.3 is 9.80 Å². The van der Waals surface area contributed by atoms with Gasteiger partial charge in [-0.05, 0) is 37.1 Å². The predicted molar refractivity (Wildman–Crippen MR) is 131 cm³/mol. The van der Waals surface area contributed by atoms with Crippen molar-refractivity contribution in [1.82, 2.24) is 14.7 Å². The Balaban J connectivity index is 1.24. The minimum Gasteiger partial charge on any atom is -0.366 e. The van der Waals surface area contributed by atoms with E-state index in [2.05, 4.69) is 27.9 Å². The van der Waals surface area contributed by atoms with Crippen molar-refractivity contribution in [3.63, 3.8) is 0 Å². The van der Waals surface area contributed by atoms with Gasteiger partial charge in [0.2, 0.25) is 5.91 Å². The Kier molecular flexibility index (Phi) is 5.91. The Morgan fingerprint density at radius 2 is 1.70 bits per heavy atom. The summed E-state index contributed by atoms with van der Waals surface area (Å²) in [6.45, 7) is 5.27. The average molecular weight is 464 g/mol. The Hall–Kier alpha value is -3.16. The molecule has 1 fully saturated rings. The highest BCUT2D eigenvalue weighted by Crippen LogP contribution is 2.32. The molecule has 5 rings (SSSR count). The molecule has 0 unspecified atom stereocenters. The van der Waals surface area contributed by atoms with E-state index in [1.807, 2.05) is 53.4 Å². The van der Waals surface area contributed by atoms with Gasteiger partial charge in [-0.3, -0.25) is 14.5 Å². The van der Waals surface area contributed by atoms with E-state index in [0.29, 0.717) is 44.1 Å². The average Bonchev–Trinajstić information content (AvgIpc) is 3.18. The van der Waals surface area contributed by atoms with Gasteiger partial charge in [0.25, 0.3) is 5.56 Å². The molecule has 2 aliphatic rings. The number of para-hydroxylation sites is 2. The molecule has 1 amide bonds. The van der Waals surface area contributed by atoms with E-state index in [-0.39, 0.29) is 22.5 Å². The lowest BCUT2D eigenvalue weighted by Crippen LogP contribution is -2.51. The van der Waals surface area contributed by atoms with Crippen LogP contribution in [0.2, 0.25) is 5.02 Å². The molecular formula is C25H26ClN5O2. The van der Waals surface area contributed by atoms with E-state index in [0.717, 1.165) is 12.1 Å². The number of rotatable bonds is 4. The third kappa shape index (κ3) is 4.14. The quantitative estimate of drug-likeness (QED) is 0.595. The summed E-state index contributed by atoms with van der Waals surface area (Å²) in [5, 5.41) is 4.51. The summed E-state index contributed by atoms with van der Waals surface area (Å²) in [5.41, 5.74) is 3.25. The molecule has 8 heteroatoms. The van der Waals surface area contributed by atoms with Crippen molar-refractivity contribution in [2.75, 3.05) is 42.5 Å². The molecule has 33 heavy (non-hydrogen) atoms. The summed E-state index contributed by atoms with van der Waals surface area (Å²) < 4.78 is 1.32. The number of hydrogen-bond acceptors (Lipinski definition) is 5. The molecule has 1 aromatic heterocycles. The molecule has 1 saturated heterocycles. The van der Waals surface area contributed by atoms with Crippen LogP contribution in [-0.4, -0.2) is 59.4 Å². The van der Waals surface area contributed by atoms with Crippen molar-refractivity contribution in [3.05, 3.63) is 81.7 Å². The monoisotopic (exact) mass is 463 g/mol. The number of benzene rings is 2. The van der Waals surface area contributed by atoms with E-state index >= 15 is 0 Å². The van der Waals surface area contributed by atoms with Gasteiger partial charge in [0.05, 0.1) is 24.1 Å². The molecule has 0 radical (unpaired) electrons. The largest absolute Gasteiger partial charge is 0.366 e. The van der Waals surface area contributed by atoms with Crippen LogP contribution in [0.3, 0.4) is 0 Å².